The fourth-order valence-electron chi connectivity index (χ4n) is 18.0. The summed E-state index contributed by atoms with van der Waals surface area (Å²) >= 11 is 0. The van der Waals surface area contributed by atoms with Gasteiger partial charge in [0.2, 0.25) is 0 Å². The standard InChI is InChI=1S/C110H95BN4O2/c1-106(2,3)68-46-52-77-78-53-47-69(107(4,5)6)59-92(78)112(91(77)58-68)73-50-56-89-95(64-73)114(102-75(66-30-18-16-19-31-66)36-26-38-83(102)87-42-28-40-85-81-34-22-24-44-99(81)116-104(85)87)97-62-72(110(13,14)15)63-98-101(97)111(89)90-57-51-74(113-93-60-70(108(7,8)9)48-54-79(93)80-55-49-71(61-94(80)113)109(10,11)12)65-96(90)115(98)103-76(67-32-20-17-21-33-67)37-27-39-84(103)88-43-29-41-86-82-35-23-25-45-100(82)117-105(86)88/h16-65H,1-15H3/i46D,47D,48D,49D,52D,53D,54D,55D,58D,59D,60D,61D. The van der Waals surface area contributed by atoms with E-state index in [0.717, 1.165) is 122 Å². The lowest BCUT2D eigenvalue weighted by molar-refractivity contribution is 0.590. The normalized spacial score (nSPS) is 14.8. The molecule has 0 bridgehead atoms. The van der Waals surface area contributed by atoms with Crippen molar-refractivity contribution in [3.05, 3.63) is 331 Å². The lowest BCUT2D eigenvalue weighted by Gasteiger charge is -2.46. The molecule has 117 heavy (non-hydrogen) atoms. The maximum Gasteiger partial charge on any atom is 0.252 e. The highest BCUT2D eigenvalue weighted by Gasteiger charge is 2.47. The molecule has 0 spiro atoms. The fourth-order valence-corrected chi connectivity index (χ4v) is 18.0. The Morgan fingerprint density at radius 3 is 0.949 bits per heavy atom. The van der Waals surface area contributed by atoms with Gasteiger partial charge in [0.05, 0.1) is 49.9 Å². The minimum atomic E-state index is -0.847. The van der Waals surface area contributed by atoms with E-state index in [9.17, 15) is 16.4 Å². The molecule has 0 aliphatic carbocycles. The number of anilines is 6. The molecule has 15 aromatic carbocycles. The lowest BCUT2D eigenvalue weighted by atomic mass is 9.33. The summed E-state index contributed by atoms with van der Waals surface area (Å²) in [4.78, 5) is 4.85. The van der Waals surface area contributed by atoms with Crippen LogP contribution in [0.25, 0.3) is 143 Å². The maximum atomic E-state index is 10.7. The van der Waals surface area contributed by atoms with Crippen LogP contribution in [0.4, 0.5) is 34.1 Å². The Bertz CT molecular complexity index is 7490. The van der Waals surface area contributed by atoms with E-state index in [1.807, 2.05) is 153 Å². The number of rotatable bonds is 8. The molecule has 0 fully saturated rings. The minimum Gasteiger partial charge on any atom is -0.455 e. The van der Waals surface area contributed by atoms with Crippen molar-refractivity contribution in [3.8, 4) is 55.9 Å². The van der Waals surface area contributed by atoms with Crippen LogP contribution < -0.4 is 26.2 Å². The van der Waals surface area contributed by atoms with E-state index < -0.39 is 33.8 Å². The van der Waals surface area contributed by atoms with Gasteiger partial charge in [-0.2, -0.15) is 0 Å². The highest BCUT2D eigenvalue weighted by atomic mass is 16.3. The van der Waals surface area contributed by atoms with Crippen molar-refractivity contribution in [2.45, 2.75) is 131 Å². The van der Waals surface area contributed by atoms with Gasteiger partial charge in [0, 0.05) is 111 Å². The summed E-state index contributed by atoms with van der Waals surface area (Å²) in [6.45, 7) is 29.3. The van der Waals surface area contributed by atoms with Crippen LogP contribution in [-0.4, -0.2) is 15.8 Å². The van der Waals surface area contributed by atoms with Crippen molar-refractivity contribution in [3.63, 3.8) is 0 Å². The van der Waals surface area contributed by atoms with Crippen molar-refractivity contribution in [2.75, 3.05) is 9.80 Å². The van der Waals surface area contributed by atoms with Crippen molar-refractivity contribution >= 4 is 145 Å². The Kier molecular flexibility index (Phi) is 13.2. The zero-order valence-corrected chi connectivity index (χ0v) is 68.6. The summed E-state index contributed by atoms with van der Waals surface area (Å²) in [6, 6.07) is 78.5. The molecule has 0 radical (unpaired) electrons. The van der Waals surface area contributed by atoms with Gasteiger partial charge in [-0.25, -0.2) is 0 Å². The van der Waals surface area contributed by atoms with Crippen molar-refractivity contribution in [2.24, 2.45) is 0 Å². The van der Waals surface area contributed by atoms with Gasteiger partial charge < -0.3 is 27.8 Å². The summed E-state index contributed by atoms with van der Waals surface area (Å²) in [5.74, 6) is 0. The van der Waals surface area contributed by atoms with Gasteiger partial charge in [0.15, 0.2) is 0 Å². The second-order valence-corrected chi connectivity index (χ2v) is 37.0. The molecule has 0 atom stereocenters. The number of benzene rings is 15. The first-order valence-electron chi connectivity index (χ1n) is 46.7. The van der Waals surface area contributed by atoms with Crippen LogP contribution in [-0.2, 0) is 27.1 Å². The van der Waals surface area contributed by atoms with Gasteiger partial charge in [0.25, 0.3) is 6.71 Å². The molecule has 4 aromatic heterocycles. The zero-order valence-electron chi connectivity index (χ0n) is 80.6. The summed E-state index contributed by atoms with van der Waals surface area (Å²) in [7, 11) is 0. The number of para-hydroxylation sites is 6. The van der Waals surface area contributed by atoms with Gasteiger partial charge in [-0.3, -0.25) is 0 Å². The van der Waals surface area contributed by atoms with E-state index in [1.54, 1.807) is 0 Å². The van der Waals surface area contributed by atoms with Crippen molar-refractivity contribution in [1.29, 1.82) is 0 Å². The summed E-state index contributed by atoms with van der Waals surface area (Å²) in [5, 5.41) is 4.33. The predicted molar refractivity (Wildman–Crippen MR) is 499 cm³/mol. The fraction of sp³-hybridized carbons (Fsp3) is 0.182. The third kappa shape index (κ3) is 11.3. The van der Waals surface area contributed by atoms with Gasteiger partial charge in [-0.05, 0) is 155 Å². The Morgan fingerprint density at radius 2 is 0.590 bits per heavy atom. The van der Waals surface area contributed by atoms with Crippen LogP contribution in [0, 0.1) is 0 Å². The topological polar surface area (TPSA) is 42.6 Å². The Hall–Kier alpha value is -12.8. The number of fused-ring (bicyclic) bond motifs is 16. The number of nitrogens with zero attached hydrogens (tertiary/aromatic N) is 4. The Morgan fingerprint density at radius 1 is 0.274 bits per heavy atom. The van der Waals surface area contributed by atoms with Gasteiger partial charge in [-0.15, -0.1) is 0 Å². The molecule has 7 heteroatoms. The predicted octanol–water partition coefficient (Wildman–Crippen LogP) is 28.9. The van der Waals surface area contributed by atoms with Crippen LogP contribution in [0.2, 0.25) is 0 Å². The molecule has 21 rings (SSSR count). The molecular weight excluding hydrogens is 1420 g/mol. The van der Waals surface area contributed by atoms with E-state index in [2.05, 4.69) is 200 Å². The van der Waals surface area contributed by atoms with Gasteiger partial charge >= 0.3 is 0 Å². The van der Waals surface area contributed by atoms with Gasteiger partial charge in [-0.1, -0.05) is 334 Å². The van der Waals surface area contributed by atoms with Crippen molar-refractivity contribution < 1.29 is 25.3 Å². The minimum absolute atomic E-state index is 0.0306. The molecule has 0 unspecified atom stereocenters. The summed E-state index contributed by atoms with van der Waals surface area (Å²) in [5.41, 5.74) is 16.9. The average molecular weight is 1530 g/mol. The third-order valence-electron chi connectivity index (χ3n) is 24.1. The second kappa shape index (κ2) is 25.8. The third-order valence-corrected chi connectivity index (χ3v) is 24.1. The molecule has 2 aliphatic rings. The maximum absolute atomic E-state index is 10.7. The van der Waals surface area contributed by atoms with E-state index in [4.69, 9.17) is 8.83 Å². The van der Waals surface area contributed by atoms with Crippen LogP contribution in [0.5, 0.6) is 0 Å². The van der Waals surface area contributed by atoms with Crippen LogP contribution >= 0.6 is 0 Å². The Balaban J connectivity index is 0.986. The number of hydrogen-bond donors (Lipinski definition) is 0. The molecule has 570 valence electrons. The molecule has 2 aliphatic heterocycles. The van der Waals surface area contributed by atoms with Crippen LogP contribution in [0.15, 0.2) is 312 Å². The molecule has 0 N–H and O–H groups in total. The van der Waals surface area contributed by atoms with E-state index in [1.165, 1.54) is 0 Å². The molecule has 0 saturated carbocycles. The number of aromatic nitrogens is 2. The Labute approximate surface area is 702 Å². The quantitative estimate of drug-likeness (QED) is 0.142. The number of hydrogen-bond acceptors (Lipinski definition) is 4. The summed E-state index contributed by atoms with van der Waals surface area (Å²) < 4.78 is 141. The molecule has 0 amide bonds. The SMILES string of the molecule is [2H]c1c(C(C)(C)C)c([2H])c2c(c1[2H])c1c([2H])c([2H])c(C(C)(C)C)c([2H])c1n2-c1ccc2c(c1)N(c1c(-c3ccccc3)cccc1-c1cccc3c1oc1ccccc13)c1cc(C(C)(C)C)cc3c1B2c1ccc(-n2c4c([2H])c(C(C)(C)C)c([2H])c([2H])c4c4c([2H])c([2H])c(C(C)(C)C)c([2H])c42)cc1N3c1c(-c2ccccc2)cccc1-c1cccc2c1oc1ccccc12. The molecule has 19 aromatic rings. The highest BCUT2D eigenvalue weighted by Crippen LogP contribution is 2.56. The second-order valence-electron chi connectivity index (χ2n) is 37.0. The molecule has 6 nitrogen and oxygen atoms in total. The first-order valence-corrected chi connectivity index (χ1v) is 40.7. The first kappa shape index (κ1) is 59.8. The lowest BCUT2D eigenvalue weighted by Crippen LogP contribution is -2.61. The van der Waals surface area contributed by atoms with Gasteiger partial charge in [0.1, 0.15) is 22.3 Å². The smallest absolute Gasteiger partial charge is 0.252 e. The molecule has 0 saturated heterocycles. The largest absolute Gasteiger partial charge is 0.455 e. The molecular formula is C110H95BN4O2. The van der Waals surface area contributed by atoms with Crippen molar-refractivity contribution in [1.82, 2.24) is 9.13 Å². The van der Waals surface area contributed by atoms with Crippen LogP contribution in [0.3, 0.4) is 0 Å². The van der Waals surface area contributed by atoms with E-state index in [0.29, 0.717) is 56.2 Å². The average Bonchev–Trinajstić information content (AvgIpc) is 1.68. The molecule has 6 heterocycles. The van der Waals surface area contributed by atoms with E-state index in [-0.39, 0.29) is 116 Å². The number of furan rings is 2. The highest BCUT2D eigenvalue weighted by molar-refractivity contribution is 7.00. The van der Waals surface area contributed by atoms with Crippen LogP contribution in [0.1, 0.15) is 148 Å². The first-order chi connectivity index (χ1) is 61.3. The van der Waals surface area contributed by atoms with E-state index >= 15 is 0 Å². The summed E-state index contributed by atoms with van der Waals surface area (Å²) in [6.07, 6.45) is 0. The zero-order chi connectivity index (χ0) is 90.7. The monoisotopic (exact) mass is 1530 g/mol.